The summed E-state index contributed by atoms with van der Waals surface area (Å²) in [6.07, 6.45) is -5.06. The molecule has 1 saturated heterocycles. The number of rotatable bonds is 1. The molecule has 1 rings (SSSR count). The molecular formula is C7H15NO5. The Bertz CT molecular complexity index is 184. The van der Waals surface area contributed by atoms with Crippen LogP contribution in [0.25, 0.3) is 0 Å². The van der Waals surface area contributed by atoms with E-state index in [1.807, 2.05) is 0 Å². The summed E-state index contributed by atoms with van der Waals surface area (Å²) >= 11 is 0. The Morgan fingerprint density at radius 3 is 2.31 bits per heavy atom. The topological polar surface area (TPSA) is 116 Å². The zero-order chi connectivity index (χ0) is 10.2. The van der Waals surface area contributed by atoms with Crippen molar-refractivity contribution in [2.75, 3.05) is 6.61 Å². The van der Waals surface area contributed by atoms with Crippen LogP contribution in [0.15, 0.2) is 0 Å². The fraction of sp³-hybridized carbons (Fsp3) is 1.00. The summed E-state index contributed by atoms with van der Waals surface area (Å²) in [6.45, 7) is 0.910. The molecule has 0 aromatic rings. The fourth-order valence-electron chi connectivity index (χ4n) is 1.36. The molecule has 78 valence electrons. The largest absolute Gasteiger partial charge is 0.394 e. The van der Waals surface area contributed by atoms with Crippen molar-refractivity contribution in [1.29, 1.82) is 0 Å². The van der Waals surface area contributed by atoms with Gasteiger partial charge in [0.05, 0.1) is 6.61 Å². The van der Waals surface area contributed by atoms with Crippen molar-refractivity contribution in [3.8, 4) is 0 Å². The maximum atomic E-state index is 9.35. The van der Waals surface area contributed by atoms with Gasteiger partial charge in [0, 0.05) is 0 Å². The van der Waals surface area contributed by atoms with E-state index in [0.29, 0.717) is 0 Å². The highest BCUT2D eigenvalue weighted by Gasteiger charge is 2.48. The summed E-state index contributed by atoms with van der Waals surface area (Å²) < 4.78 is 4.99. The highest BCUT2D eigenvalue weighted by molar-refractivity contribution is 4.96. The number of hydrogen-bond donors (Lipinski definition) is 5. The van der Waals surface area contributed by atoms with Crippen LogP contribution in [0.1, 0.15) is 6.92 Å². The minimum atomic E-state index is -1.45. The Morgan fingerprint density at radius 1 is 1.31 bits per heavy atom. The number of nitrogens with two attached hydrogens (primary N) is 1. The summed E-state index contributed by atoms with van der Waals surface area (Å²) in [5, 5.41) is 36.7. The maximum absolute atomic E-state index is 9.35. The highest BCUT2D eigenvalue weighted by Crippen LogP contribution is 2.25. The van der Waals surface area contributed by atoms with Crippen LogP contribution in [-0.2, 0) is 4.74 Å². The molecule has 0 aromatic heterocycles. The second-order valence-electron chi connectivity index (χ2n) is 3.45. The predicted molar refractivity (Wildman–Crippen MR) is 42.6 cm³/mol. The lowest BCUT2D eigenvalue weighted by Gasteiger charge is -2.44. The van der Waals surface area contributed by atoms with Crippen LogP contribution in [0.3, 0.4) is 0 Å². The summed E-state index contributed by atoms with van der Waals surface area (Å²) in [7, 11) is 0. The van der Waals surface area contributed by atoms with Gasteiger partial charge in [-0.25, -0.2) is 0 Å². The van der Waals surface area contributed by atoms with E-state index >= 15 is 0 Å². The van der Waals surface area contributed by atoms with Crippen molar-refractivity contribution in [3.63, 3.8) is 0 Å². The molecule has 13 heavy (non-hydrogen) atoms. The molecule has 1 aliphatic rings. The fourth-order valence-corrected chi connectivity index (χ4v) is 1.36. The predicted octanol–water partition coefficient (Wildman–Crippen LogP) is -2.86. The van der Waals surface area contributed by atoms with Crippen LogP contribution in [0.5, 0.6) is 0 Å². The van der Waals surface area contributed by atoms with E-state index in [2.05, 4.69) is 0 Å². The first-order valence-electron chi connectivity index (χ1n) is 4.02. The van der Waals surface area contributed by atoms with Gasteiger partial charge in [-0.05, 0) is 6.92 Å². The van der Waals surface area contributed by atoms with Gasteiger partial charge in [0.1, 0.15) is 30.1 Å². The molecule has 0 spiro atoms. The van der Waals surface area contributed by atoms with Crippen molar-refractivity contribution < 1.29 is 25.2 Å². The molecule has 5 atom stereocenters. The van der Waals surface area contributed by atoms with Crippen molar-refractivity contribution >= 4 is 0 Å². The molecule has 0 amide bonds. The van der Waals surface area contributed by atoms with Gasteiger partial charge in [0.15, 0.2) is 0 Å². The van der Waals surface area contributed by atoms with Gasteiger partial charge in [-0.3, -0.25) is 0 Å². The first kappa shape index (κ1) is 10.8. The van der Waals surface area contributed by atoms with E-state index in [9.17, 15) is 15.3 Å². The third-order valence-electron chi connectivity index (χ3n) is 2.23. The van der Waals surface area contributed by atoms with Crippen LogP contribution < -0.4 is 5.73 Å². The molecule has 0 aliphatic carbocycles. The van der Waals surface area contributed by atoms with E-state index in [1.165, 1.54) is 6.92 Å². The lowest BCUT2D eigenvalue weighted by atomic mass is 9.92. The zero-order valence-corrected chi connectivity index (χ0v) is 7.29. The van der Waals surface area contributed by atoms with E-state index in [0.717, 1.165) is 0 Å². The van der Waals surface area contributed by atoms with Crippen molar-refractivity contribution in [3.05, 3.63) is 0 Å². The zero-order valence-electron chi connectivity index (χ0n) is 7.29. The number of aliphatic hydroxyl groups excluding tert-OH is 4. The summed E-state index contributed by atoms with van der Waals surface area (Å²) in [4.78, 5) is 0. The van der Waals surface area contributed by atoms with Gasteiger partial charge < -0.3 is 30.9 Å². The van der Waals surface area contributed by atoms with Crippen LogP contribution in [0.4, 0.5) is 0 Å². The van der Waals surface area contributed by atoms with Crippen LogP contribution in [-0.4, -0.2) is 57.2 Å². The minimum absolute atomic E-state index is 0.461. The average molecular weight is 193 g/mol. The van der Waals surface area contributed by atoms with E-state index in [1.54, 1.807) is 0 Å². The van der Waals surface area contributed by atoms with E-state index in [4.69, 9.17) is 15.6 Å². The molecule has 0 radical (unpaired) electrons. The standard InChI is InChI=1S/C7H15NO5/c1-7(8)6(12)5(11)4(10)3(2-9)13-7/h3-6,9-12H,2,8H2,1H3/t3-,4+,5+,6?,7+/m1/s1. The molecule has 0 aromatic carbocycles. The third kappa shape index (κ3) is 1.83. The van der Waals surface area contributed by atoms with Crippen LogP contribution in [0.2, 0.25) is 0 Å². The summed E-state index contributed by atoms with van der Waals surface area (Å²) in [6, 6.07) is 0. The lowest BCUT2D eigenvalue weighted by Crippen LogP contribution is -2.67. The number of aliphatic hydroxyl groups is 4. The Labute approximate surface area is 75.6 Å². The Kier molecular flexibility index (Phi) is 2.91. The third-order valence-corrected chi connectivity index (χ3v) is 2.23. The summed E-state index contributed by atoms with van der Waals surface area (Å²) in [5.74, 6) is 0. The Morgan fingerprint density at radius 2 is 1.85 bits per heavy atom. The van der Waals surface area contributed by atoms with Gasteiger partial charge in [-0.1, -0.05) is 0 Å². The molecule has 0 bridgehead atoms. The van der Waals surface area contributed by atoms with E-state index < -0.39 is 36.7 Å². The van der Waals surface area contributed by atoms with Gasteiger partial charge in [0.25, 0.3) is 0 Å². The monoisotopic (exact) mass is 193 g/mol. The van der Waals surface area contributed by atoms with Crippen molar-refractivity contribution in [2.24, 2.45) is 5.73 Å². The number of ether oxygens (including phenoxy) is 1. The van der Waals surface area contributed by atoms with Gasteiger partial charge in [-0.15, -0.1) is 0 Å². The SMILES string of the molecule is C[C@]1(N)O[C@H](CO)[C@H](O)[C@H](O)C1O. The average Bonchev–Trinajstić information content (AvgIpc) is 2.08. The highest BCUT2D eigenvalue weighted by atomic mass is 16.6. The lowest BCUT2D eigenvalue weighted by molar-refractivity contribution is -0.266. The first-order chi connectivity index (χ1) is 5.90. The summed E-state index contributed by atoms with van der Waals surface area (Å²) in [5.41, 5.74) is 4.03. The molecule has 1 aliphatic heterocycles. The molecule has 1 unspecified atom stereocenters. The van der Waals surface area contributed by atoms with Crippen molar-refractivity contribution in [2.45, 2.75) is 37.1 Å². The maximum Gasteiger partial charge on any atom is 0.143 e. The van der Waals surface area contributed by atoms with E-state index in [-0.39, 0.29) is 0 Å². The first-order valence-corrected chi connectivity index (χ1v) is 4.02. The minimum Gasteiger partial charge on any atom is -0.394 e. The normalized spacial score (nSPS) is 52.2. The second kappa shape index (κ2) is 3.49. The van der Waals surface area contributed by atoms with Gasteiger partial charge >= 0.3 is 0 Å². The van der Waals surface area contributed by atoms with Crippen LogP contribution >= 0.6 is 0 Å². The quantitative estimate of drug-likeness (QED) is 0.306. The molecule has 6 nitrogen and oxygen atoms in total. The molecule has 0 saturated carbocycles. The number of hydrogen-bond acceptors (Lipinski definition) is 6. The molecule has 6 heteroatoms. The van der Waals surface area contributed by atoms with Gasteiger partial charge in [-0.2, -0.15) is 0 Å². The second-order valence-corrected chi connectivity index (χ2v) is 3.45. The smallest absolute Gasteiger partial charge is 0.143 e. The van der Waals surface area contributed by atoms with Gasteiger partial charge in [0.2, 0.25) is 0 Å². The Balaban J connectivity index is 2.79. The molecule has 1 heterocycles. The van der Waals surface area contributed by atoms with Crippen LogP contribution in [0, 0.1) is 0 Å². The van der Waals surface area contributed by atoms with Crippen molar-refractivity contribution in [1.82, 2.24) is 0 Å². The molecule has 6 N–H and O–H groups in total. The Hall–Kier alpha value is -0.240. The molecule has 1 fully saturated rings. The molecular weight excluding hydrogens is 178 g/mol.